The molecule has 0 aliphatic heterocycles. The lowest BCUT2D eigenvalue weighted by molar-refractivity contribution is -0.122. The van der Waals surface area contributed by atoms with E-state index in [9.17, 15) is 4.79 Å². The predicted octanol–water partition coefficient (Wildman–Crippen LogP) is 2.03. The van der Waals surface area contributed by atoms with E-state index in [1.54, 1.807) is 0 Å². The maximum Gasteiger partial charge on any atom is 0.236 e. The van der Waals surface area contributed by atoms with Crippen molar-refractivity contribution in [1.82, 2.24) is 5.32 Å². The van der Waals surface area contributed by atoms with Gasteiger partial charge in [-0.05, 0) is 17.9 Å². The van der Waals surface area contributed by atoms with Crippen molar-refractivity contribution < 1.29 is 4.79 Å². The zero-order valence-electron chi connectivity index (χ0n) is 10.6. The molecule has 1 unspecified atom stereocenters. The van der Waals surface area contributed by atoms with Crippen LogP contribution in [0.3, 0.4) is 0 Å². The fourth-order valence-electron chi connectivity index (χ4n) is 1.73. The third-order valence-electron chi connectivity index (χ3n) is 2.89. The summed E-state index contributed by atoms with van der Waals surface area (Å²) < 4.78 is 0. The number of nitrogens with one attached hydrogen (secondary N) is 1. The van der Waals surface area contributed by atoms with Gasteiger partial charge in [-0.1, -0.05) is 50.6 Å². The molecule has 3 nitrogen and oxygen atoms in total. The number of hydrogen-bond donors (Lipinski definition) is 2. The molecule has 17 heavy (non-hydrogen) atoms. The quantitative estimate of drug-likeness (QED) is 0.791. The largest absolute Gasteiger partial charge is 0.354 e. The van der Waals surface area contributed by atoms with E-state index in [1.165, 1.54) is 5.56 Å². The van der Waals surface area contributed by atoms with Gasteiger partial charge in [0.15, 0.2) is 0 Å². The van der Waals surface area contributed by atoms with E-state index in [0.717, 1.165) is 12.8 Å². The fourth-order valence-corrected chi connectivity index (χ4v) is 1.73. The van der Waals surface area contributed by atoms with Crippen molar-refractivity contribution in [3.63, 3.8) is 0 Å². The first-order valence-electron chi connectivity index (χ1n) is 6.23. The van der Waals surface area contributed by atoms with E-state index in [4.69, 9.17) is 5.73 Å². The summed E-state index contributed by atoms with van der Waals surface area (Å²) in [6.07, 6.45) is 1.67. The zero-order valence-corrected chi connectivity index (χ0v) is 10.6. The highest BCUT2D eigenvalue weighted by Gasteiger charge is 2.13. The Bertz CT molecular complexity index is 337. The van der Waals surface area contributed by atoms with Crippen LogP contribution in [0.4, 0.5) is 0 Å². The van der Waals surface area contributed by atoms with Crippen molar-refractivity contribution in [2.75, 3.05) is 6.54 Å². The molecular formula is C14H22N2O. The van der Waals surface area contributed by atoms with E-state index in [2.05, 4.69) is 24.4 Å². The van der Waals surface area contributed by atoms with Crippen LogP contribution in [0.15, 0.2) is 30.3 Å². The number of nitrogens with two attached hydrogens (primary N) is 1. The van der Waals surface area contributed by atoms with Crippen molar-refractivity contribution >= 4 is 5.91 Å². The third-order valence-corrected chi connectivity index (χ3v) is 2.89. The highest BCUT2D eigenvalue weighted by Crippen LogP contribution is 2.12. The molecule has 0 saturated heterocycles. The van der Waals surface area contributed by atoms with E-state index in [0.29, 0.717) is 12.5 Å². The van der Waals surface area contributed by atoms with Gasteiger partial charge < -0.3 is 11.1 Å². The van der Waals surface area contributed by atoms with Crippen LogP contribution in [0.5, 0.6) is 0 Å². The Morgan fingerprint density at radius 1 is 1.35 bits per heavy atom. The predicted molar refractivity (Wildman–Crippen MR) is 70.8 cm³/mol. The lowest BCUT2D eigenvalue weighted by Gasteiger charge is -2.15. The zero-order chi connectivity index (χ0) is 12.7. The Balaban J connectivity index is 2.38. The number of carbonyl (C=O) groups excluding carboxylic acids is 1. The standard InChI is InChI=1S/C14H22N2O/c1-3-7-13(15)14(17)16-10-11(2)12-8-5-4-6-9-12/h4-6,8-9,11,13H,3,7,10,15H2,1-2H3,(H,16,17)/t11?,13-/m1/s1. The Labute approximate surface area is 103 Å². The first-order chi connectivity index (χ1) is 8.15. The third kappa shape index (κ3) is 4.57. The van der Waals surface area contributed by atoms with E-state index in [-0.39, 0.29) is 11.9 Å². The van der Waals surface area contributed by atoms with Crippen LogP contribution in [0, 0.1) is 0 Å². The molecular weight excluding hydrogens is 212 g/mol. The first-order valence-corrected chi connectivity index (χ1v) is 6.23. The van der Waals surface area contributed by atoms with Gasteiger partial charge in [-0.3, -0.25) is 4.79 Å². The van der Waals surface area contributed by atoms with Gasteiger partial charge in [0.25, 0.3) is 0 Å². The van der Waals surface area contributed by atoms with Gasteiger partial charge >= 0.3 is 0 Å². The topological polar surface area (TPSA) is 55.1 Å². The summed E-state index contributed by atoms with van der Waals surface area (Å²) in [5.74, 6) is 0.267. The molecule has 0 fully saturated rings. The second-order valence-electron chi connectivity index (χ2n) is 4.45. The molecule has 0 aliphatic rings. The molecule has 3 N–H and O–H groups in total. The Morgan fingerprint density at radius 2 is 2.00 bits per heavy atom. The van der Waals surface area contributed by atoms with Gasteiger partial charge in [0.2, 0.25) is 5.91 Å². The maximum absolute atomic E-state index is 11.6. The summed E-state index contributed by atoms with van der Waals surface area (Å²) in [6, 6.07) is 9.78. The highest BCUT2D eigenvalue weighted by molar-refractivity contribution is 5.81. The molecule has 2 atom stereocenters. The molecule has 0 heterocycles. The Kier molecular flexibility index (Phi) is 5.70. The number of rotatable bonds is 6. The van der Waals surface area contributed by atoms with Crippen LogP contribution < -0.4 is 11.1 Å². The molecule has 1 amide bonds. The van der Waals surface area contributed by atoms with Gasteiger partial charge in [0.1, 0.15) is 0 Å². The normalized spacial score (nSPS) is 14.1. The van der Waals surface area contributed by atoms with Crippen molar-refractivity contribution in [2.24, 2.45) is 5.73 Å². The lowest BCUT2D eigenvalue weighted by atomic mass is 10.0. The van der Waals surface area contributed by atoms with Crippen molar-refractivity contribution in [1.29, 1.82) is 0 Å². The van der Waals surface area contributed by atoms with Gasteiger partial charge in [0, 0.05) is 6.54 Å². The minimum Gasteiger partial charge on any atom is -0.354 e. The Morgan fingerprint density at radius 3 is 2.59 bits per heavy atom. The van der Waals surface area contributed by atoms with Crippen LogP contribution in [0.1, 0.15) is 38.2 Å². The highest BCUT2D eigenvalue weighted by atomic mass is 16.2. The average molecular weight is 234 g/mol. The molecule has 0 aromatic heterocycles. The molecule has 1 rings (SSSR count). The van der Waals surface area contributed by atoms with Crippen LogP contribution in [0.2, 0.25) is 0 Å². The molecule has 1 aromatic carbocycles. The van der Waals surface area contributed by atoms with Gasteiger partial charge in [-0.25, -0.2) is 0 Å². The van der Waals surface area contributed by atoms with E-state index >= 15 is 0 Å². The van der Waals surface area contributed by atoms with Crippen LogP contribution in [-0.2, 0) is 4.79 Å². The van der Waals surface area contributed by atoms with Crippen molar-refractivity contribution in [2.45, 2.75) is 38.6 Å². The molecule has 1 aromatic rings. The minimum atomic E-state index is -0.372. The van der Waals surface area contributed by atoms with E-state index in [1.807, 2.05) is 25.1 Å². The monoisotopic (exact) mass is 234 g/mol. The van der Waals surface area contributed by atoms with Gasteiger partial charge in [-0.15, -0.1) is 0 Å². The summed E-state index contributed by atoms with van der Waals surface area (Å²) in [5, 5.41) is 2.90. The van der Waals surface area contributed by atoms with Gasteiger partial charge in [0.05, 0.1) is 6.04 Å². The smallest absolute Gasteiger partial charge is 0.236 e. The average Bonchev–Trinajstić information content (AvgIpc) is 2.36. The number of amides is 1. The SMILES string of the molecule is CCC[C@@H](N)C(=O)NCC(C)c1ccccc1. The molecule has 0 spiro atoms. The molecule has 94 valence electrons. The number of benzene rings is 1. The second-order valence-corrected chi connectivity index (χ2v) is 4.45. The number of carbonyl (C=O) groups is 1. The molecule has 0 saturated carbocycles. The van der Waals surface area contributed by atoms with E-state index < -0.39 is 0 Å². The Hall–Kier alpha value is -1.35. The van der Waals surface area contributed by atoms with Gasteiger partial charge in [-0.2, -0.15) is 0 Å². The summed E-state index contributed by atoms with van der Waals surface area (Å²) >= 11 is 0. The minimum absolute atomic E-state index is 0.0466. The van der Waals surface area contributed by atoms with Crippen molar-refractivity contribution in [3.8, 4) is 0 Å². The summed E-state index contributed by atoms with van der Waals surface area (Å²) in [5.41, 5.74) is 6.97. The van der Waals surface area contributed by atoms with Crippen LogP contribution in [0.25, 0.3) is 0 Å². The summed E-state index contributed by atoms with van der Waals surface area (Å²) in [4.78, 5) is 11.6. The van der Waals surface area contributed by atoms with Crippen molar-refractivity contribution in [3.05, 3.63) is 35.9 Å². The lowest BCUT2D eigenvalue weighted by Crippen LogP contribution is -2.41. The maximum atomic E-state index is 11.6. The molecule has 0 radical (unpaired) electrons. The fraction of sp³-hybridized carbons (Fsp3) is 0.500. The van der Waals surface area contributed by atoms with Crippen LogP contribution >= 0.6 is 0 Å². The summed E-state index contributed by atoms with van der Waals surface area (Å²) in [6.45, 7) is 4.76. The summed E-state index contributed by atoms with van der Waals surface area (Å²) in [7, 11) is 0. The molecule has 3 heteroatoms. The molecule has 0 bridgehead atoms. The van der Waals surface area contributed by atoms with Crippen LogP contribution in [-0.4, -0.2) is 18.5 Å². The first kappa shape index (κ1) is 13.7. The molecule has 0 aliphatic carbocycles. The number of hydrogen-bond acceptors (Lipinski definition) is 2. The second kappa shape index (κ2) is 7.07.